The first-order valence-electron chi connectivity index (χ1n) is 6.08. The molecule has 0 fully saturated rings. The van der Waals surface area contributed by atoms with E-state index in [-0.39, 0.29) is 12.3 Å². The van der Waals surface area contributed by atoms with Crippen molar-refractivity contribution < 1.29 is 14.7 Å². The number of nitrogens with zero attached hydrogens (tertiary/aromatic N) is 1. The molecule has 1 atom stereocenters. The lowest BCUT2D eigenvalue weighted by atomic mass is 10.1. The van der Waals surface area contributed by atoms with Crippen LogP contribution in [0, 0.1) is 0 Å². The summed E-state index contributed by atoms with van der Waals surface area (Å²) >= 11 is 1.30. The highest BCUT2D eigenvalue weighted by Crippen LogP contribution is 2.22. The summed E-state index contributed by atoms with van der Waals surface area (Å²) in [5, 5.41) is 13.8. The number of amides is 1. The molecule has 0 spiro atoms. The van der Waals surface area contributed by atoms with E-state index in [0.717, 1.165) is 5.69 Å². The zero-order valence-corrected chi connectivity index (χ0v) is 11.7. The Morgan fingerprint density at radius 1 is 1.35 bits per heavy atom. The van der Waals surface area contributed by atoms with Crippen molar-refractivity contribution in [3.05, 3.63) is 46.4 Å². The Morgan fingerprint density at radius 3 is 2.70 bits per heavy atom. The standard InChI is InChI=1S/C14H14N2O3S/c1-9(13(19)15-10-5-3-2-4-6-10)14-16-11(8-20-14)7-12(17)18/h2-6,8-9H,7H2,1H3,(H,15,19)(H,17,18)/t9-/m0/s1. The summed E-state index contributed by atoms with van der Waals surface area (Å²) in [6.45, 7) is 1.75. The molecule has 0 saturated heterocycles. The van der Waals surface area contributed by atoms with Crippen LogP contribution in [-0.4, -0.2) is 22.0 Å². The number of hydrogen-bond donors (Lipinski definition) is 2. The van der Waals surface area contributed by atoms with Gasteiger partial charge in [-0.3, -0.25) is 9.59 Å². The molecule has 0 saturated carbocycles. The van der Waals surface area contributed by atoms with Crippen molar-refractivity contribution in [2.75, 3.05) is 5.32 Å². The van der Waals surface area contributed by atoms with Gasteiger partial charge in [0.05, 0.1) is 18.0 Å². The molecule has 2 aromatic rings. The Kier molecular flexibility index (Phi) is 4.47. The molecule has 0 bridgehead atoms. The summed E-state index contributed by atoms with van der Waals surface area (Å²) in [5.41, 5.74) is 1.21. The molecule has 5 nitrogen and oxygen atoms in total. The minimum Gasteiger partial charge on any atom is -0.481 e. The van der Waals surface area contributed by atoms with E-state index >= 15 is 0 Å². The largest absolute Gasteiger partial charge is 0.481 e. The quantitative estimate of drug-likeness (QED) is 0.886. The summed E-state index contributed by atoms with van der Waals surface area (Å²) in [7, 11) is 0. The van der Waals surface area contributed by atoms with Crippen molar-refractivity contribution >= 4 is 28.9 Å². The summed E-state index contributed by atoms with van der Waals surface area (Å²) in [4.78, 5) is 26.9. The number of benzene rings is 1. The van der Waals surface area contributed by atoms with E-state index in [1.54, 1.807) is 12.3 Å². The van der Waals surface area contributed by atoms with Gasteiger partial charge in [0.2, 0.25) is 5.91 Å². The highest BCUT2D eigenvalue weighted by atomic mass is 32.1. The summed E-state index contributed by atoms with van der Waals surface area (Å²) in [6, 6.07) is 9.17. The number of anilines is 1. The normalized spacial score (nSPS) is 11.8. The van der Waals surface area contributed by atoms with Gasteiger partial charge in [0.1, 0.15) is 5.01 Å². The molecular weight excluding hydrogens is 276 g/mol. The third-order valence-electron chi connectivity index (χ3n) is 2.71. The lowest BCUT2D eigenvalue weighted by Gasteiger charge is -2.09. The second kappa shape index (κ2) is 6.29. The fourth-order valence-corrected chi connectivity index (χ4v) is 2.52. The average Bonchev–Trinajstić information content (AvgIpc) is 2.86. The fourth-order valence-electron chi connectivity index (χ4n) is 1.64. The molecule has 2 rings (SSSR count). The van der Waals surface area contributed by atoms with Gasteiger partial charge < -0.3 is 10.4 Å². The molecule has 0 radical (unpaired) electrons. The summed E-state index contributed by atoms with van der Waals surface area (Å²) in [5.74, 6) is -1.50. The van der Waals surface area contributed by atoms with Crippen LogP contribution in [0.1, 0.15) is 23.5 Å². The molecule has 0 aliphatic heterocycles. The number of carboxylic acids is 1. The van der Waals surface area contributed by atoms with E-state index in [4.69, 9.17) is 5.11 Å². The Morgan fingerprint density at radius 2 is 2.05 bits per heavy atom. The van der Waals surface area contributed by atoms with Gasteiger partial charge in [-0.1, -0.05) is 18.2 Å². The van der Waals surface area contributed by atoms with Crippen LogP contribution < -0.4 is 5.32 Å². The van der Waals surface area contributed by atoms with Gasteiger partial charge in [-0.25, -0.2) is 4.98 Å². The Hall–Kier alpha value is -2.21. The molecule has 104 valence electrons. The number of para-hydroxylation sites is 1. The smallest absolute Gasteiger partial charge is 0.309 e. The number of carboxylic acid groups (broad SMARTS) is 1. The molecule has 1 aromatic heterocycles. The first-order valence-corrected chi connectivity index (χ1v) is 6.96. The van der Waals surface area contributed by atoms with Crippen LogP contribution in [0.15, 0.2) is 35.7 Å². The maximum Gasteiger partial charge on any atom is 0.309 e. The lowest BCUT2D eigenvalue weighted by Crippen LogP contribution is -2.18. The minimum atomic E-state index is -0.928. The molecular formula is C14H14N2O3S. The van der Waals surface area contributed by atoms with Gasteiger partial charge in [0.15, 0.2) is 0 Å². The maximum absolute atomic E-state index is 12.1. The van der Waals surface area contributed by atoms with Crippen LogP contribution in [0.25, 0.3) is 0 Å². The third kappa shape index (κ3) is 3.64. The predicted molar refractivity (Wildman–Crippen MR) is 76.9 cm³/mol. The number of carbonyl (C=O) groups is 2. The zero-order valence-electron chi connectivity index (χ0n) is 10.9. The first-order chi connectivity index (χ1) is 9.56. The first kappa shape index (κ1) is 14.2. The van der Waals surface area contributed by atoms with Crippen molar-refractivity contribution in [1.29, 1.82) is 0 Å². The van der Waals surface area contributed by atoms with Gasteiger partial charge in [0.25, 0.3) is 0 Å². The van der Waals surface area contributed by atoms with Gasteiger partial charge in [-0.05, 0) is 19.1 Å². The number of carbonyl (C=O) groups excluding carboxylic acids is 1. The Bertz CT molecular complexity index is 610. The number of aromatic nitrogens is 1. The molecule has 1 amide bonds. The lowest BCUT2D eigenvalue weighted by molar-refractivity contribution is -0.136. The SMILES string of the molecule is C[C@@H](C(=O)Nc1ccccc1)c1nc(CC(=O)O)cs1. The number of rotatable bonds is 5. The van der Waals surface area contributed by atoms with E-state index in [9.17, 15) is 9.59 Å². The van der Waals surface area contributed by atoms with Crippen molar-refractivity contribution in [1.82, 2.24) is 4.98 Å². The van der Waals surface area contributed by atoms with Crippen LogP contribution >= 0.6 is 11.3 Å². The van der Waals surface area contributed by atoms with Gasteiger partial charge in [0, 0.05) is 11.1 Å². The van der Waals surface area contributed by atoms with Crippen molar-refractivity contribution in [2.24, 2.45) is 0 Å². The second-order valence-electron chi connectivity index (χ2n) is 4.32. The minimum absolute atomic E-state index is 0.122. The highest BCUT2D eigenvalue weighted by molar-refractivity contribution is 7.09. The van der Waals surface area contributed by atoms with Gasteiger partial charge in [-0.2, -0.15) is 0 Å². The monoisotopic (exact) mass is 290 g/mol. The van der Waals surface area contributed by atoms with E-state index in [0.29, 0.717) is 10.7 Å². The molecule has 1 heterocycles. The van der Waals surface area contributed by atoms with Crippen LogP contribution in [0.4, 0.5) is 5.69 Å². The molecule has 6 heteroatoms. The van der Waals surface area contributed by atoms with E-state index in [2.05, 4.69) is 10.3 Å². The van der Waals surface area contributed by atoms with Gasteiger partial charge in [-0.15, -0.1) is 11.3 Å². The maximum atomic E-state index is 12.1. The van der Waals surface area contributed by atoms with Gasteiger partial charge >= 0.3 is 5.97 Å². The molecule has 0 aliphatic carbocycles. The molecule has 0 unspecified atom stereocenters. The van der Waals surface area contributed by atoms with Crippen molar-refractivity contribution in [3.8, 4) is 0 Å². The topological polar surface area (TPSA) is 79.3 Å². The molecule has 20 heavy (non-hydrogen) atoms. The fraction of sp³-hybridized carbons (Fsp3) is 0.214. The number of hydrogen-bond acceptors (Lipinski definition) is 4. The third-order valence-corrected chi connectivity index (χ3v) is 3.78. The van der Waals surface area contributed by atoms with Crippen LogP contribution in [0.5, 0.6) is 0 Å². The highest BCUT2D eigenvalue weighted by Gasteiger charge is 2.19. The summed E-state index contributed by atoms with van der Waals surface area (Å²) < 4.78 is 0. The van der Waals surface area contributed by atoms with Crippen molar-refractivity contribution in [3.63, 3.8) is 0 Å². The van der Waals surface area contributed by atoms with Crippen LogP contribution in [0.3, 0.4) is 0 Å². The predicted octanol–water partition coefficient (Wildman–Crippen LogP) is 2.51. The Balaban J connectivity index is 2.03. The number of thiazole rings is 1. The van der Waals surface area contributed by atoms with Crippen LogP contribution in [0.2, 0.25) is 0 Å². The van der Waals surface area contributed by atoms with E-state index < -0.39 is 11.9 Å². The van der Waals surface area contributed by atoms with E-state index in [1.807, 2.05) is 30.3 Å². The molecule has 2 N–H and O–H groups in total. The number of aliphatic carboxylic acids is 1. The second-order valence-corrected chi connectivity index (χ2v) is 5.21. The Labute approximate surface area is 120 Å². The summed E-state index contributed by atoms with van der Waals surface area (Å²) in [6.07, 6.45) is -0.122. The average molecular weight is 290 g/mol. The van der Waals surface area contributed by atoms with Crippen molar-refractivity contribution in [2.45, 2.75) is 19.3 Å². The van der Waals surface area contributed by atoms with Crippen LogP contribution in [-0.2, 0) is 16.0 Å². The molecule has 1 aromatic carbocycles. The zero-order chi connectivity index (χ0) is 14.5. The number of nitrogens with one attached hydrogen (secondary N) is 1. The van der Waals surface area contributed by atoms with E-state index in [1.165, 1.54) is 11.3 Å². The molecule has 0 aliphatic rings.